The Hall–Kier alpha value is -5.37. The molecule has 7 heterocycles. The lowest BCUT2D eigenvalue weighted by molar-refractivity contribution is -0.166. The fourth-order valence-electron chi connectivity index (χ4n) is 11.1. The lowest BCUT2D eigenvalue weighted by atomic mass is 9.70. The first-order chi connectivity index (χ1) is 29.5. The smallest absolute Gasteiger partial charge is 0.332 e. The van der Waals surface area contributed by atoms with Gasteiger partial charge in [0.2, 0.25) is 12.7 Å². The predicted octanol–water partition coefficient (Wildman–Crippen LogP) is 5.66. The van der Waals surface area contributed by atoms with E-state index in [1.165, 1.54) is 32.9 Å². The third-order valence-electron chi connectivity index (χ3n) is 13.6. The molecule has 16 heteroatoms. The molecule has 0 aromatic heterocycles. The van der Waals surface area contributed by atoms with Gasteiger partial charge in [0.15, 0.2) is 40.0 Å². The highest BCUT2D eigenvalue weighted by atomic mass is 32.2. The fourth-order valence-corrected chi connectivity index (χ4v) is 12.9. The van der Waals surface area contributed by atoms with Gasteiger partial charge in [0.25, 0.3) is 0 Å². The van der Waals surface area contributed by atoms with Crippen molar-refractivity contribution in [1.82, 2.24) is 14.7 Å². The van der Waals surface area contributed by atoms with Gasteiger partial charge in [-0.05, 0) is 73.5 Å². The van der Waals surface area contributed by atoms with Gasteiger partial charge in [0.05, 0.1) is 49.7 Å². The number of piperazine rings is 1. The lowest BCUT2D eigenvalue weighted by Gasteiger charge is -2.62. The van der Waals surface area contributed by atoms with Crippen molar-refractivity contribution in [2.75, 3.05) is 47.0 Å². The van der Waals surface area contributed by atoms with E-state index in [4.69, 9.17) is 28.4 Å². The summed E-state index contributed by atoms with van der Waals surface area (Å²) in [5, 5.41) is 34.0. The number of ether oxygens (including phenoxy) is 6. The van der Waals surface area contributed by atoms with E-state index in [1.54, 1.807) is 19.1 Å². The first kappa shape index (κ1) is 42.0. The Labute approximate surface area is 364 Å². The topological polar surface area (TPSA) is 181 Å². The number of rotatable bonds is 4. The molecular formula is C46H52N4O11S. The molecule has 4 bridgehead atoms. The van der Waals surface area contributed by atoms with Gasteiger partial charge in [0.1, 0.15) is 18.4 Å². The summed E-state index contributed by atoms with van der Waals surface area (Å²) in [4.78, 5) is 49.2. The van der Waals surface area contributed by atoms with Gasteiger partial charge in [-0.3, -0.25) is 19.4 Å². The van der Waals surface area contributed by atoms with Crippen LogP contribution >= 0.6 is 11.8 Å². The summed E-state index contributed by atoms with van der Waals surface area (Å²) in [7, 11) is 4.82. The number of likely N-dealkylation sites (N-methyl/N-ethyl adjacent to an activating group) is 1. The number of thioether (sulfide) groups is 1. The van der Waals surface area contributed by atoms with Crippen LogP contribution in [0.5, 0.6) is 40.2 Å². The molecule has 7 aliphatic rings. The maximum Gasteiger partial charge on any atom is 0.332 e. The summed E-state index contributed by atoms with van der Waals surface area (Å²) in [6.07, 6.45) is 0.973. The van der Waals surface area contributed by atoms with Crippen LogP contribution in [0.1, 0.15) is 96.0 Å². The van der Waals surface area contributed by atoms with Gasteiger partial charge in [-0.15, -0.1) is 11.8 Å². The van der Waals surface area contributed by atoms with Crippen LogP contribution in [0, 0.1) is 30.6 Å². The van der Waals surface area contributed by atoms with Crippen LogP contribution in [-0.4, -0.2) is 108 Å². The Balaban J connectivity index is 1.37. The number of esters is 2. The standard InChI is InChI=1S/C46H52N4O11S/c1-21-12-25-13-27-28(17-47)49-29-18-58-44(55)46(26-15-31(56-8)30(52)14-24(26)10-11-48(46)7)19-62-43(35-34(29)42-41(59-20-60-42)22(2)40(35)61-23(3)51)37(49)36(33(25)38(54)39(21)57-9)50(27)32(53)16-45(4,5)6/h12,14-15,27-29,36-37,43,52,54H,10-11,13,16,18-20H2,1-9H3/t27-,28-,29-,36+,37?,43+,46+/m0/s1. The minimum atomic E-state index is -1.41. The highest BCUT2D eigenvalue weighted by Gasteiger charge is 2.64. The molecule has 0 radical (unpaired) electrons. The molecular weight excluding hydrogens is 817 g/mol. The van der Waals surface area contributed by atoms with Gasteiger partial charge in [-0.25, -0.2) is 4.79 Å². The quantitative estimate of drug-likeness (QED) is 0.242. The summed E-state index contributed by atoms with van der Waals surface area (Å²) < 4.78 is 36.5. The Morgan fingerprint density at radius 2 is 1.76 bits per heavy atom. The highest BCUT2D eigenvalue weighted by Crippen LogP contribution is 2.65. The Morgan fingerprint density at radius 1 is 1.02 bits per heavy atom. The SMILES string of the molecule is COc1cc2c(cc1O)CCN(C)[C@]21CS[C@@H]2c3c(OC(C)=O)c(C)c4c(c3[C@H](COC1=O)N1C2[C@H]2c3c(cc(C)c(OC)c3O)C[C@@H]([C@@H]1C#N)N2C(=O)CC(C)(C)C)OCO4. The number of carbonyl (C=O) groups excluding carboxylic acids is 3. The maximum atomic E-state index is 15.2. The van der Waals surface area contributed by atoms with Crippen LogP contribution in [0.25, 0.3) is 0 Å². The molecule has 2 fully saturated rings. The van der Waals surface area contributed by atoms with E-state index < -0.39 is 58.4 Å². The number of aromatic hydroxyl groups is 2. The third-order valence-corrected chi connectivity index (χ3v) is 15.1. The number of amides is 1. The van der Waals surface area contributed by atoms with E-state index >= 15 is 9.59 Å². The Bertz CT molecular complexity index is 2480. The molecule has 0 saturated carbocycles. The normalized spacial score (nSPS) is 27.3. The van der Waals surface area contributed by atoms with Crippen molar-refractivity contribution < 1.29 is 53.0 Å². The summed E-state index contributed by atoms with van der Waals surface area (Å²) in [5.41, 5.74) is 3.27. The van der Waals surface area contributed by atoms with E-state index in [9.17, 15) is 20.3 Å². The second-order valence-electron chi connectivity index (χ2n) is 18.4. The largest absolute Gasteiger partial charge is 0.504 e. The molecule has 7 aliphatic heterocycles. The van der Waals surface area contributed by atoms with Gasteiger partial charge in [-0.1, -0.05) is 26.8 Å². The zero-order valence-electron chi connectivity index (χ0n) is 36.4. The Morgan fingerprint density at radius 3 is 2.44 bits per heavy atom. The van der Waals surface area contributed by atoms with Gasteiger partial charge < -0.3 is 43.5 Å². The number of methoxy groups -OCH3 is 2. The fraction of sp³-hybridized carbons (Fsp3) is 0.522. The summed E-state index contributed by atoms with van der Waals surface area (Å²) in [6, 6.07) is 3.79. The molecule has 328 valence electrons. The maximum absolute atomic E-state index is 15.2. The number of nitrogens with zero attached hydrogens (tertiary/aromatic N) is 4. The predicted molar refractivity (Wildman–Crippen MR) is 226 cm³/mol. The van der Waals surface area contributed by atoms with Crippen molar-refractivity contribution in [3.63, 3.8) is 0 Å². The van der Waals surface area contributed by atoms with Crippen molar-refractivity contribution in [2.24, 2.45) is 5.41 Å². The van der Waals surface area contributed by atoms with E-state index in [0.29, 0.717) is 57.8 Å². The van der Waals surface area contributed by atoms with Crippen molar-refractivity contribution in [2.45, 2.75) is 102 Å². The van der Waals surface area contributed by atoms with Crippen LogP contribution in [0.15, 0.2) is 18.2 Å². The molecule has 0 aliphatic carbocycles. The monoisotopic (exact) mass is 868 g/mol. The zero-order valence-corrected chi connectivity index (χ0v) is 37.2. The molecule has 2 saturated heterocycles. The van der Waals surface area contributed by atoms with E-state index in [0.717, 1.165) is 11.1 Å². The van der Waals surface area contributed by atoms with Gasteiger partial charge in [0, 0.05) is 47.9 Å². The molecule has 1 amide bonds. The number of hydrogen-bond donors (Lipinski definition) is 2. The molecule has 3 aromatic carbocycles. The third kappa shape index (κ3) is 6.01. The number of aryl methyl sites for hydroxylation is 1. The second-order valence-corrected chi connectivity index (χ2v) is 19.5. The summed E-state index contributed by atoms with van der Waals surface area (Å²) >= 11 is 1.42. The molecule has 1 unspecified atom stereocenters. The number of carbonyl (C=O) groups is 3. The minimum absolute atomic E-state index is 0.0474. The molecule has 62 heavy (non-hydrogen) atoms. The number of fused-ring (bicyclic) bond motifs is 9. The zero-order chi connectivity index (χ0) is 44.3. The van der Waals surface area contributed by atoms with Gasteiger partial charge in [-0.2, -0.15) is 5.26 Å². The van der Waals surface area contributed by atoms with Crippen LogP contribution in [-0.2, 0) is 37.5 Å². The second kappa shape index (κ2) is 14.9. The minimum Gasteiger partial charge on any atom is -0.504 e. The average molecular weight is 869 g/mol. The first-order valence-electron chi connectivity index (χ1n) is 20.9. The average Bonchev–Trinajstić information content (AvgIpc) is 3.70. The number of phenolic OH excluding ortho intramolecular Hbond substituents is 2. The number of hydrogen-bond acceptors (Lipinski definition) is 15. The summed E-state index contributed by atoms with van der Waals surface area (Å²) in [6.45, 7) is 11.1. The van der Waals surface area contributed by atoms with E-state index in [2.05, 4.69) is 11.0 Å². The Kier molecular flexibility index (Phi) is 10.1. The molecule has 2 N–H and O–H groups in total. The number of benzene rings is 3. The van der Waals surface area contributed by atoms with Crippen molar-refractivity contribution >= 4 is 29.6 Å². The molecule has 15 nitrogen and oxygen atoms in total. The molecule has 3 aromatic rings. The highest BCUT2D eigenvalue weighted by molar-refractivity contribution is 7.99. The molecule has 10 rings (SSSR count). The van der Waals surface area contributed by atoms with E-state index in [-0.39, 0.29) is 66.6 Å². The number of phenols is 2. The van der Waals surface area contributed by atoms with Gasteiger partial charge >= 0.3 is 11.9 Å². The van der Waals surface area contributed by atoms with Crippen molar-refractivity contribution in [3.8, 4) is 46.3 Å². The van der Waals surface area contributed by atoms with E-state index in [1.807, 2.05) is 50.6 Å². The lowest BCUT2D eigenvalue weighted by Crippen LogP contribution is -2.71. The summed E-state index contributed by atoms with van der Waals surface area (Å²) in [5.74, 6) is 0.204. The number of nitriles is 1. The van der Waals surface area contributed by atoms with Crippen LogP contribution in [0.2, 0.25) is 0 Å². The molecule has 1 spiro atoms. The molecule has 7 atom stereocenters. The van der Waals surface area contributed by atoms with Crippen LogP contribution in [0.3, 0.4) is 0 Å². The van der Waals surface area contributed by atoms with Crippen molar-refractivity contribution in [1.29, 1.82) is 5.26 Å². The van der Waals surface area contributed by atoms with Crippen LogP contribution in [0.4, 0.5) is 0 Å². The van der Waals surface area contributed by atoms with Crippen LogP contribution < -0.4 is 23.7 Å². The first-order valence-corrected chi connectivity index (χ1v) is 21.9. The van der Waals surface area contributed by atoms with Crippen molar-refractivity contribution in [3.05, 3.63) is 62.7 Å².